The Morgan fingerprint density at radius 3 is 2.68 bits per heavy atom. The number of halogens is 3. The maximum atomic E-state index is 13.4. The maximum Gasteiger partial charge on any atom is 0.418 e. The highest BCUT2D eigenvalue weighted by molar-refractivity contribution is 7.13. The SMILES string of the molecule is COC(c1cc(-c2nccs2)c2oc(N3CC4CC(C3)N4)nc2c1)C(F)(F)F. The third kappa shape index (κ3) is 2.96. The molecule has 3 aromatic rings. The fraction of sp³-hybridized carbons (Fsp3) is 0.444. The molecule has 2 aromatic heterocycles. The predicted molar refractivity (Wildman–Crippen MR) is 98.5 cm³/mol. The van der Waals surface area contributed by atoms with E-state index in [1.807, 2.05) is 4.90 Å². The van der Waals surface area contributed by atoms with Crippen molar-refractivity contribution in [2.75, 3.05) is 25.1 Å². The van der Waals surface area contributed by atoms with Crippen molar-refractivity contribution in [2.45, 2.75) is 30.8 Å². The van der Waals surface area contributed by atoms with E-state index >= 15 is 0 Å². The summed E-state index contributed by atoms with van der Waals surface area (Å²) in [7, 11) is 1.05. The Balaban J connectivity index is 1.63. The number of fused-ring (bicyclic) bond motifs is 3. The lowest BCUT2D eigenvalue weighted by Gasteiger charge is -2.47. The Bertz CT molecular complexity index is 988. The standard InChI is InChI=1S/C18H17F3N4O2S/c1-26-15(18(19,20)21)9-4-12(16-22-2-3-28-16)14-13(5-9)24-17(27-14)25-7-10-6-11(8-25)23-10/h2-5,10-11,15,23H,6-8H2,1H3. The lowest BCUT2D eigenvalue weighted by atomic mass is 9.92. The Morgan fingerprint density at radius 1 is 1.32 bits per heavy atom. The first-order valence-electron chi connectivity index (χ1n) is 8.87. The Labute approximate surface area is 162 Å². The van der Waals surface area contributed by atoms with Gasteiger partial charge < -0.3 is 19.4 Å². The van der Waals surface area contributed by atoms with E-state index < -0.39 is 12.3 Å². The average molecular weight is 410 g/mol. The number of oxazole rings is 1. The number of piperidine rings is 1. The zero-order valence-electron chi connectivity index (χ0n) is 14.9. The molecule has 0 spiro atoms. The van der Waals surface area contributed by atoms with E-state index in [0.717, 1.165) is 26.6 Å². The summed E-state index contributed by atoms with van der Waals surface area (Å²) < 4.78 is 51.0. The van der Waals surface area contributed by atoms with Crippen LogP contribution in [0, 0.1) is 0 Å². The normalized spacial score (nSPS) is 23.1. The van der Waals surface area contributed by atoms with Gasteiger partial charge in [-0.3, -0.25) is 0 Å². The van der Waals surface area contributed by atoms with Gasteiger partial charge in [-0.1, -0.05) is 0 Å². The molecule has 1 aromatic carbocycles. The molecule has 0 amide bonds. The first-order chi connectivity index (χ1) is 13.4. The third-order valence-electron chi connectivity index (χ3n) is 5.19. The number of piperazine rings is 1. The van der Waals surface area contributed by atoms with Gasteiger partial charge in [0.05, 0.1) is 5.56 Å². The number of nitrogens with zero attached hydrogens (tertiary/aromatic N) is 3. The van der Waals surface area contributed by atoms with E-state index in [9.17, 15) is 13.2 Å². The molecule has 0 saturated carbocycles. The molecule has 0 radical (unpaired) electrons. The van der Waals surface area contributed by atoms with Crippen LogP contribution in [0.4, 0.5) is 19.2 Å². The topological polar surface area (TPSA) is 63.4 Å². The van der Waals surface area contributed by atoms with Gasteiger partial charge in [0.1, 0.15) is 10.5 Å². The number of alkyl halides is 3. The second kappa shape index (κ2) is 6.43. The molecule has 3 aliphatic heterocycles. The molecular weight excluding hydrogens is 393 g/mol. The molecule has 2 bridgehead atoms. The van der Waals surface area contributed by atoms with Gasteiger partial charge in [0.25, 0.3) is 6.01 Å². The molecular formula is C18H17F3N4O2S. The van der Waals surface area contributed by atoms with Gasteiger partial charge in [-0.25, -0.2) is 4.98 Å². The summed E-state index contributed by atoms with van der Waals surface area (Å²) in [6, 6.07) is 4.08. The number of rotatable bonds is 4. The van der Waals surface area contributed by atoms with Gasteiger partial charge in [0, 0.05) is 43.9 Å². The number of nitrogens with one attached hydrogen (secondary N) is 1. The maximum absolute atomic E-state index is 13.4. The lowest BCUT2D eigenvalue weighted by Crippen LogP contribution is -2.67. The van der Waals surface area contributed by atoms with Crippen LogP contribution in [0.25, 0.3) is 21.7 Å². The summed E-state index contributed by atoms with van der Waals surface area (Å²) in [5.41, 5.74) is 1.29. The van der Waals surface area contributed by atoms with Crippen molar-refractivity contribution in [3.8, 4) is 10.6 Å². The van der Waals surface area contributed by atoms with Gasteiger partial charge in [-0.2, -0.15) is 18.2 Å². The number of hydrogen-bond acceptors (Lipinski definition) is 7. The highest BCUT2D eigenvalue weighted by atomic mass is 32.1. The average Bonchev–Trinajstić information content (AvgIpc) is 3.30. The molecule has 3 atom stereocenters. The van der Waals surface area contributed by atoms with E-state index in [1.54, 1.807) is 11.6 Å². The monoisotopic (exact) mass is 410 g/mol. The van der Waals surface area contributed by atoms with Gasteiger partial charge in [0.15, 0.2) is 11.7 Å². The highest BCUT2D eigenvalue weighted by Crippen LogP contribution is 2.41. The molecule has 6 nitrogen and oxygen atoms in total. The smallest absolute Gasteiger partial charge is 0.418 e. The zero-order valence-corrected chi connectivity index (χ0v) is 15.7. The lowest BCUT2D eigenvalue weighted by molar-refractivity contribution is -0.215. The first kappa shape index (κ1) is 17.9. The van der Waals surface area contributed by atoms with Crippen LogP contribution in [0.15, 0.2) is 28.1 Å². The number of thiazole rings is 1. The second-order valence-corrected chi connectivity index (χ2v) is 8.00. The third-order valence-corrected chi connectivity index (χ3v) is 6.00. The summed E-state index contributed by atoms with van der Waals surface area (Å²) >= 11 is 1.33. The predicted octanol–water partition coefficient (Wildman–Crippen LogP) is 3.75. The number of hydrogen-bond donors (Lipinski definition) is 1. The molecule has 0 aliphatic carbocycles. The summed E-state index contributed by atoms with van der Waals surface area (Å²) in [5.74, 6) is 0. The van der Waals surface area contributed by atoms with Crippen molar-refractivity contribution in [3.63, 3.8) is 0 Å². The van der Waals surface area contributed by atoms with Crippen LogP contribution >= 0.6 is 11.3 Å². The minimum Gasteiger partial charge on any atom is -0.423 e. The minimum absolute atomic E-state index is 0.0179. The van der Waals surface area contributed by atoms with Crippen molar-refractivity contribution >= 4 is 28.5 Å². The molecule has 3 saturated heterocycles. The van der Waals surface area contributed by atoms with Crippen LogP contribution in [0.5, 0.6) is 0 Å². The molecule has 148 valence electrons. The van der Waals surface area contributed by atoms with E-state index in [-0.39, 0.29) is 5.56 Å². The fourth-order valence-corrected chi connectivity index (χ4v) is 4.62. The van der Waals surface area contributed by atoms with Crippen molar-refractivity contribution in [3.05, 3.63) is 29.3 Å². The summed E-state index contributed by atoms with van der Waals surface area (Å²) in [5, 5.41) is 5.78. The minimum atomic E-state index is -4.53. The van der Waals surface area contributed by atoms with E-state index in [0.29, 0.717) is 39.8 Å². The Morgan fingerprint density at radius 2 is 2.07 bits per heavy atom. The summed E-state index contributed by atoms with van der Waals surface area (Å²) in [6.45, 7) is 1.54. The molecule has 3 fully saturated rings. The Kier molecular flexibility index (Phi) is 4.11. The van der Waals surface area contributed by atoms with Crippen LogP contribution < -0.4 is 10.2 Å². The molecule has 6 rings (SSSR count). The highest BCUT2D eigenvalue weighted by Gasteiger charge is 2.42. The van der Waals surface area contributed by atoms with Crippen LogP contribution in [-0.2, 0) is 4.74 Å². The van der Waals surface area contributed by atoms with Crippen molar-refractivity contribution in [2.24, 2.45) is 0 Å². The first-order valence-corrected chi connectivity index (χ1v) is 9.75. The molecule has 3 unspecified atom stereocenters. The second-order valence-electron chi connectivity index (χ2n) is 7.11. The van der Waals surface area contributed by atoms with Crippen molar-refractivity contribution in [1.29, 1.82) is 0 Å². The van der Waals surface area contributed by atoms with E-state index in [2.05, 4.69) is 15.3 Å². The number of aromatic nitrogens is 2. The molecule has 5 heterocycles. The van der Waals surface area contributed by atoms with E-state index in [1.165, 1.54) is 23.5 Å². The van der Waals surface area contributed by atoms with Gasteiger partial charge in [-0.15, -0.1) is 11.3 Å². The molecule has 10 heteroatoms. The molecule has 3 aliphatic rings. The molecule has 28 heavy (non-hydrogen) atoms. The Hall–Kier alpha value is -2.17. The van der Waals surface area contributed by atoms with Gasteiger partial charge >= 0.3 is 6.18 Å². The van der Waals surface area contributed by atoms with Crippen molar-refractivity contribution < 1.29 is 22.3 Å². The van der Waals surface area contributed by atoms with Crippen LogP contribution in [-0.4, -0.2) is 48.4 Å². The summed E-state index contributed by atoms with van der Waals surface area (Å²) in [6.07, 6.45) is -3.83. The van der Waals surface area contributed by atoms with Crippen LogP contribution in [0.2, 0.25) is 0 Å². The number of methoxy groups -OCH3 is 1. The summed E-state index contributed by atoms with van der Waals surface area (Å²) in [4.78, 5) is 10.8. The zero-order chi connectivity index (χ0) is 19.5. The van der Waals surface area contributed by atoms with Crippen molar-refractivity contribution in [1.82, 2.24) is 15.3 Å². The van der Waals surface area contributed by atoms with Crippen LogP contribution in [0.1, 0.15) is 18.1 Å². The van der Waals surface area contributed by atoms with E-state index in [4.69, 9.17) is 9.15 Å². The quantitative estimate of drug-likeness (QED) is 0.707. The number of ether oxygens (including phenoxy) is 1. The largest absolute Gasteiger partial charge is 0.423 e. The van der Waals surface area contributed by atoms with Gasteiger partial charge in [-0.05, 0) is 24.1 Å². The number of anilines is 1. The fourth-order valence-electron chi connectivity index (χ4n) is 3.97. The number of benzene rings is 1. The molecule has 1 N–H and O–H groups in total. The van der Waals surface area contributed by atoms with Crippen LogP contribution in [0.3, 0.4) is 0 Å². The van der Waals surface area contributed by atoms with Gasteiger partial charge in [0.2, 0.25) is 0 Å².